The van der Waals surface area contributed by atoms with E-state index < -0.39 is 0 Å². The number of rotatable bonds is 6. The summed E-state index contributed by atoms with van der Waals surface area (Å²) in [5, 5.41) is 0. The molecular weight excluding hydrogens is 266 g/mol. The van der Waals surface area contributed by atoms with Crippen molar-refractivity contribution in [3.63, 3.8) is 0 Å². The van der Waals surface area contributed by atoms with Gasteiger partial charge < -0.3 is 0 Å². The number of hydrogen-bond acceptors (Lipinski definition) is 1. The molecule has 1 aromatic carbocycles. The molecule has 0 N–H and O–H groups in total. The molecule has 0 aliphatic rings. The molecule has 2 aromatic rings. The summed E-state index contributed by atoms with van der Waals surface area (Å²) in [6.45, 7) is 4.42. The fraction of sp³-hybridized carbons (Fsp3) is 0.381. The van der Waals surface area contributed by atoms with E-state index in [1.165, 1.54) is 36.8 Å². The van der Waals surface area contributed by atoms with Crippen LogP contribution in [0.3, 0.4) is 0 Å². The highest BCUT2D eigenvalue weighted by Gasteiger charge is 1.95. The number of unbranched alkanes of at least 4 members (excludes halogenated alkanes) is 2. The van der Waals surface area contributed by atoms with Crippen molar-refractivity contribution in [3.8, 4) is 11.8 Å². The molecule has 22 heavy (non-hydrogen) atoms. The predicted octanol–water partition coefficient (Wildman–Crippen LogP) is 5.17. The molecule has 0 saturated heterocycles. The molecule has 1 heteroatoms. The molecule has 1 aromatic heterocycles. The van der Waals surface area contributed by atoms with Crippen LogP contribution in [0.5, 0.6) is 0 Å². The normalized spacial score (nSPS) is 10.1. The Bertz CT molecular complexity index is 612. The molecule has 0 spiro atoms. The Labute approximate surface area is 134 Å². The van der Waals surface area contributed by atoms with Crippen LogP contribution in [0.1, 0.15) is 61.9 Å². The van der Waals surface area contributed by atoms with Crippen molar-refractivity contribution in [3.05, 3.63) is 65.0 Å². The van der Waals surface area contributed by atoms with Gasteiger partial charge in [-0.15, -0.1) is 0 Å². The average Bonchev–Trinajstić information content (AvgIpc) is 2.56. The largest absolute Gasteiger partial charge is 0.248 e. The standard InChI is InChI=1S/C21H25N/c1-3-5-6-8-18-9-11-19(12-10-18)13-15-21-16-14-20(7-4-2)17-22-21/h9-12,14,16-17H,3-8H2,1-2H3. The lowest BCUT2D eigenvalue weighted by Crippen LogP contribution is -1.88. The number of aryl methyl sites for hydroxylation is 2. The second kappa shape index (κ2) is 9.05. The summed E-state index contributed by atoms with van der Waals surface area (Å²) in [5.74, 6) is 6.34. The minimum absolute atomic E-state index is 0.840. The van der Waals surface area contributed by atoms with Crippen molar-refractivity contribution in [2.45, 2.75) is 52.4 Å². The zero-order chi connectivity index (χ0) is 15.6. The topological polar surface area (TPSA) is 12.9 Å². The van der Waals surface area contributed by atoms with Crippen LogP contribution in [0.15, 0.2) is 42.6 Å². The van der Waals surface area contributed by atoms with Gasteiger partial charge in [-0.1, -0.05) is 57.2 Å². The first kappa shape index (κ1) is 16.3. The molecule has 0 unspecified atom stereocenters. The Morgan fingerprint density at radius 3 is 2.18 bits per heavy atom. The van der Waals surface area contributed by atoms with Gasteiger partial charge in [0.15, 0.2) is 0 Å². The van der Waals surface area contributed by atoms with Gasteiger partial charge >= 0.3 is 0 Å². The lowest BCUT2D eigenvalue weighted by molar-refractivity contribution is 0.717. The summed E-state index contributed by atoms with van der Waals surface area (Å²) >= 11 is 0. The van der Waals surface area contributed by atoms with Crippen LogP contribution in [0.2, 0.25) is 0 Å². The van der Waals surface area contributed by atoms with E-state index in [1.54, 1.807) is 0 Å². The average molecular weight is 291 g/mol. The SMILES string of the molecule is CCCCCc1ccc(C#Cc2ccc(CCC)cn2)cc1. The second-order valence-electron chi connectivity index (χ2n) is 5.71. The van der Waals surface area contributed by atoms with E-state index in [4.69, 9.17) is 0 Å². The zero-order valence-corrected chi connectivity index (χ0v) is 13.7. The van der Waals surface area contributed by atoms with Crippen molar-refractivity contribution in [1.29, 1.82) is 0 Å². The Morgan fingerprint density at radius 2 is 1.55 bits per heavy atom. The van der Waals surface area contributed by atoms with Crippen LogP contribution < -0.4 is 0 Å². The first-order chi connectivity index (χ1) is 10.8. The highest BCUT2D eigenvalue weighted by molar-refractivity contribution is 5.41. The predicted molar refractivity (Wildman–Crippen MR) is 93.9 cm³/mol. The molecule has 0 bridgehead atoms. The van der Waals surface area contributed by atoms with E-state index >= 15 is 0 Å². The van der Waals surface area contributed by atoms with Crippen molar-refractivity contribution in [1.82, 2.24) is 4.98 Å². The molecule has 1 heterocycles. The molecule has 0 aliphatic heterocycles. The lowest BCUT2D eigenvalue weighted by Gasteiger charge is -2.00. The fourth-order valence-electron chi connectivity index (χ4n) is 2.41. The molecule has 114 valence electrons. The molecule has 0 fully saturated rings. The van der Waals surface area contributed by atoms with Gasteiger partial charge in [-0.3, -0.25) is 0 Å². The molecular formula is C21H25N. The molecule has 0 saturated carbocycles. The summed E-state index contributed by atoms with van der Waals surface area (Å²) in [6, 6.07) is 12.7. The number of hydrogen-bond donors (Lipinski definition) is 0. The van der Waals surface area contributed by atoms with Crippen LogP contribution in [0, 0.1) is 11.8 Å². The van der Waals surface area contributed by atoms with Crippen LogP contribution >= 0.6 is 0 Å². The summed E-state index contributed by atoms with van der Waals surface area (Å²) < 4.78 is 0. The summed E-state index contributed by atoms with van der Waals surface area (Å²) in [5.41, 5.74) is 4.58. The Kier molecular flexibility index (Phi) is 6.71. The number of nitrogens with zero attached hydrogens (tertiary/aromatic N) is 1. The number of pyridine rings is 1. The molecule has 0 atom stereocenters. The number of benzene rings is 1. The van der Waals surface area contributed by atoms with Crippen LogP contribution in [-0.2, 0) is 12.8 Å². The molecule has 2 rings (SSSR count). The Balaban J connectivity index is 1.96. The maximum absolute atomic E-state index is 4.41. The summed E-state index contributed by atoms with van der Waals surface area (Å²) in [6.07, 6.45) is 9.19. The van der Waals surface area contributed by atoms with Crippen molar-refractivity contribution >= 4 is 0 Å². The van der Waals surface area contributed by atoms with Crippen LogP contribution in [0.4, 0.5) is 0 Å². The molecule has 0 amide bonds. The minimum Gasteiger partial charge on any atom is -0.248 e. The van der Waals surface area contributed by atoms with Crippen molar-refractivity contribution in [2.75, 3.05) is 0 Å². The highest BCUT2D eigenvalue weighted by atomic mass is 14.7. The van der Waals surface area contributed by atoms with Gasteiger partial charge in [-0.05, 0) is 54.5 Å². The Hall–Kier alpha value is -2.07. The van der Waals surface area contributed by atoms with Gasteiger partial charge in [0.1, 0.15) is 5.69 Å². The quantitative estimate of drug-likeness (QED) is 0.529. The lowest BCUT2D eigenvalue weighted by atomic mass is 10.1. The van der Waals surface area contributed by atoms with Gasteiger partial charge in [-0.25, -0.2) is 4.98 Å². The Morgan fingerprint density at radius 1 is 0.773 bits per heavy atom. The summed E-state index contributed by atoms with van der Waals surface area (Å²) in [7, 11) is 0. The first-order valence-electron chi connectivity index (χ1n) is 8.37. The second-order valence-corrected chi connectivity index (χ2v) is 5.71. The summed E-state index contributed by atoms with van der Waals surface area (Å²) in [4.78, 5) is 4.41. The third-order valence-electron chi connectivity index (χ3n) is 3.72. The van der Waals surface area contributed by atoms with E-state index in [1.807, 2.05) is 12.3 Å². The third kappa shape index (κ3) is 5.37. The smallest absolute Gasteiger partial charge is 0.113 e. The van der Waals surface area contributed by atoms with E-state index in [0.717, 1.165) is 24.1 Å². The number of aromatic nitrogens is 1. The third-order valence-corrected chi connectivity index (χ3v) is 3.72. The minimum atomic E-state index is 0.840. The van der Waals surface area contributed by atoms with Gasteiger partial charge in [-0.2, -0.15) is 0 Å². The molecule has 0 aliphatic carbocycles. The van der Waals surface area contributed by atoms with Gasteiger partial charge in [0.2, 0.25) is 0 Å². The van der Waals surface area contributed by atoms with Crippen LogP contribution in [-0.4, -0.2) is 4.98 Å². The van der Waals surface area contributed by atoms with Gasteiger partial charge in [0.05, 0.1) is 0 Å². The van der Waals surface area contributed by atoms with Crippen molar-refractivity contribution in [2.24, 2.45) is 0 Å². The highest BCUT2D eigenvalue weighted by Crippen LogP contribution is 2.08. The van der Waals surface area contributed by atoms with E-state index in [2.05, 4.69) is 61.0 Å². The van der Waals surface area contributed by atoms with Gasteiger partial charge in [0, 0.05) is 11.8 Å². The van der Waals surface area contributed by atoms with E-state index in [9.17, 15) is 0 Å². The van der Waals surface area contributed by atoms with E-state index in [0.29, 0.717) is 0 Å². The maximum Gasteiger partial charge on any atom is 0.113 e. The fourth-order valence-corrected chi connectivity index (χ4v) is 2.41. The zero-order valence-electron chi connectivity index (χ0n) is 13.7. The van der Waals surface area contributed by atoms with Crippen molar-refractivity contribution < 1.29 is 0 Å². The monoisotopic (exact) mass is 291 g/mol. The van der Waals surface area contributed by atoms with Gasteiger partial charge in [0.25, 0.3) is 0 Å². The maximum atomic E-state index is 4.41. The molecule has 1 nitrogen and oxygen atoms in total. The molecule has 0 radical (unpaired) electrons. The van der Waals surface area contributed by atoms with Crippen LogP contribution in [0.25, 0.3) is 0 Å². The van der Waals surface area contributed by atoms with E-state index in [-0.39, 0.29) is 0 Å². The first-order valence-corrected chi connectivity index (χ1v) is 8.37.